The third-order valence-corrected chi connectivity index (χ3v) is 4.30. The number of para-hydroxylation sites is 2. The molecule has 3 aromatic rings. The van der Waals surface area contributed by atoms with Crippen LogP contribution in [0.15, 0.2) is 47.5 Å². The Morgan fingerprint density at radius 2 is 1.88 bits per heavy atom. The molecule has 0 unspecified atom stereocenters. The van der Waals surface area contributed by atoms with Crippen LogP contribution in [-0.2, 0) is 13.1 Å². The van der Waals surface area contributed by atoms with E-state index in [4.69, 9.17) is 0 Å². The summed E-state index contributed by atoms with van der Waals surface area (Å²) in [6.45, 7) is 6.48. The standard InChI is InChI=1S/C20H26N6/c1-15-8-6-9-17(24-15)14-23-20(21-3)22-12-7-13-26-16(2)25-18-10-4-5-11-19(18)26/h4-6,8-11H,7,12-14H2,1-3H3,(H2,21,22,23). The van der Waals surface area contributed by atoms with Crippen molar-refractivity contribution in [3.63, 3.8) is 0 Å². The van der Waals surface area contributed by atoms with Gasteiger partial charge in [0.2, 0.25) is 0 Å². The van der Waals surface area contributed by atoms with Gasteiger partial charge < -0.3 is 15.2 Å². The summed E-state index contributed by atoms with van der Waals surface area (Å²) in [5.41, 5.74) is 4.28. The average molecular weight is 350 g/mol. The van der Waals surface area contributed by atoms with Crippen molar-refractivity contribution in [3.05, 3.63) is 59.7 Å². The lowest BCUT2D eigenvalue weighted by atomic mass is 10.3. The topological polar surface area (TPSA) is 67.1 Å². The maximum atomic E-state index is 4.61. The summed E-state index contributed by atoms with van der Waals surface area (Å²) in [4.78, 5) is 13.4. The number of pyridine rings is 1. The van der Waals surface area contributed by atoms with E-state index in [1.165, 1.54) is 5.52 Å². The summed E-state index contributed by atoms with van der Waals surface area (Å²) in [6.07, 6.45) is 0.991. The van der Waals surface area contributed by atoms with Crippen LogP contribution in [0.1, 0.15) is 23.6 Å². The number of aliphatic imine (C=N–C) groups is 1. The van der Waals surface area contributed by atoms with Crippen molar-refractivity contribution < 1.29 is 0 Å². The molecule has 6 heteroatoms. The van der Waals surface area contributed by atoms with Crippen LogP contribution < -0.4 is 10.6 Å². The molecule has 0 atom stereocenters. The first-order chi connectivity index (χ1) is 12.7. The van der Waals surface area contributed by atoms with Gasteiger partial charge in [-0.15, -0.1) is 0 Å². The molecule has 0 radical (unpaired) electrons. The van der Waals surface area contributed by atoms with Crippen molar-refractivity contribution in [1.29, 1.82) is 0 Å². The lowest BCUT2D eigenvalue weighted by Crippen LogP contribution is -2.37. The second-order valence-corrected chi connectivity index (χ2v) is 6.28. The molecule has 0 saturated carbocycles. The summed E-state index contributed by atoms with van der Waals surface area (Å²) in [7, 11) is 1.78. The van der Waals surface area contributed by atoms with Gasteiger partial charge in [-0.05, 0) is 44.5 Å². The molecule has 2 heterocycles. The predicted octanol–water partition coefficient (Wildman–Crippen LogP) is 2.80. The Balaban J connectivity index is 1.48. The monoisotopic (exact) mass is 350 g/mol. The highest BCUT2D eigenvalue weighted by Gasteiger charge is 2.06. The van der Waals surface area contributed by atoms with Crippen LogP contribution >= 0.6 is 0 Å². The van der Waals surface area contributed by atoms with E-state index in [9.17, 15) is 0 Å². The van der Waals surface area contributed by atoms with E-state index in [0.717, 1.165) is 48.2 Å². The fraction of sp³-hybridized carbons (Fsp3) is 0.350. The smallest absolute Gasteiger partial charge is 0.191 e. The van der Waals surface area contributed by atoms with Gasteiger partial charge in [-0.1, -0.05) is 18.2 Å². The zero-order valence-electron chi connectivity index (χ0n) is 15.7. The first-order valence-corrected chi connectivity index (χ1v) is 8.96. The number of rotatable bonds is 6. The van der Waals surface area contributed by atoms with Crippen molar-refractivity contribution in [2.75, 3.05) is 13.6 Å². The highest BCUT2D eigenvalue weighted by molar-refractivity contribution is 5.79. The Morgan fingerprint density at radius 3 is 2.69 bits per heavy atom. The van der Waals surface area contributed by atoms with Gasteiger partial charge in [0, 0.05) is 25.8 Å². The van der Waals surface area contributed by atoms with Crippen LogP contribution in [0.2, 0.25) is 0 Å². The summed E-state index contributed by atoms with van der Waals surface area (Å²) in [5.74, 6) is 1.85. The molecule has 0 bridgehead atoms. The molecule has 6 nitrogen and oxygen atoms in total. The number of hydrogen-bond donors (Lipinski definition) is 2. The van der Waals surface area contributed by atoms with Crippen LogP contribution in [-0.4, -0.2) is 34.1 Å². The molecule has 0 fully saturated rings. The second-order valence-electron chi connectivity index (χ2n) is 6.28. The van der Waals surface area contributed by atoms with Crippen LogP contribution in [0.4, 0.5) is 0 Å². The molecule has 2 N–H and O–H groups in total. The third-order valence-electron chi connectivity index (χ3n) is 4.30. The average Bonchev–Trinajstić information content (AvgIpc) is 2.96. The minimum absolute atomic E-state index is 0.659. The van der Waals surface area contributed by atoms with Crippen molar-refractivity contribution in [2.24, 2.45) is 4.99 Å². The number of nitrogens with zero attached hydrogens (tertiary/aromatic N) is 4. The Morgan fingerprint density at radius 1 is 1.04 bits per heavy atom. The van der Waals surface area contributed by atoms with Gasteiger partial charge in [0.1, 0.15) is 5.82 Å². The first-order valence-electron chi connectivity index (χ1n) is 8.96. The molecule has 0 saturated heterocycles. The molecule has 26 heavy (non-hydrogen) atoms. The molecular formula is C20H26N6. The molecule has 0 aliphatic carbocycles. The molecule has 0 aliphatic heterocycles. The van der Waals surface area contributed by atoms with Gasteiger partial charge in [0.15, 0.2) is 5.96 Å². The Kier molecular flexibility index (Phi) is 5.84. The van der Waals surface area contributed by atoms with Gasteiger partial charge in [-0.2, -0.15) is 0 Å². The van der Waals surface area contributed by atoms with Crippen molar-refractivity contribution in [2.45, 2.75) is 33.4 Å². The maximum absolute atomic E-state index is 4.61. The number of hydrogen-bond acceptors (Lipinski definition) is 3. The number of fused-ring (bicyclic) bond motifs is 1. The number of guanidine groups is 1. The van der Waals surface area contributed by atoms with Gasteiger partial charge in [0.05, 0.1) is 23.3 Å². The summed E-state index contributed by atoms with van der Waals surface area (Å²) in [6, 6.07) is 14.3. The van der Waals surface area contributed by atoms with Crippen molar-refractivity contribution in [3.8, 4) is 0 Å². The number of benzene rings is 1. The van der Waals surface area contributed by atoms with Crippen LogP contribution in [0, 0.1) is 13.8 Å². The summed E-state index contributed by atoms with van der Waals surface area (Å²) >= 11 is 0. The lowest BCUT2D eigenvalue weighted by Gasteiger charge is -2.12. The molecule has 0 aliphatic rings. The van der Waals surface area contributed by atoms with E-state index in [1.807, 2.05) is 31.2 Å². The van der Waals surface area contributed by atoms with E-state index < -0.39 is 0 Å². The Labute approximate surface area is 154 Å². The minimum atomic E-state index is 0.659. The predicted molar refractivity (Wildman–Crippen MR) is 106 cm³/mol. The molecule has 1 aromatic carbocycles. The Hall–Kier alpha value is -2.89. The van der Waals surface area contributed by atoms with Gasteiger partial charge in [-0.25, -0.2) is 4.98 Å². The van der Waals surface area contributed by atoms with Crippen LogP contribution in [0.3, 0.4) is 0 Å². The maximum Gasteiger partial charge on any atom is 0.191 e. The second kappa shape index (κ2) is 8.47. The largest absolute Gasteiger partial charge is 0.356 e. The van der Waals surface area contributed by atoms with Gasteiger partial charge in [-0.3, -0.25) is 9.98 Å². The fourth-order valence-corrected chi connectivity index (χ4v) is 3.02. The van der Waals surface area contributed by atoms with E-state index in [2.05, 4.69) is 55.3 Å². The zero-order valence-corrected chi connectivity index (χ0v) is 15.7. The zero-order chi connectivity index (χ0) is 18.4. The number of nitrogens with one attached hydrogen (secondary N) is 2. The third kappa shape index (κ3) is 4.39. The summed E-state index contributed by atoms with van der Waals surface area (Å²) in [5, 5.41) is 6.67. The van der Waals surface area contributed by atoms with Crippen LogP contribution in [0.25, 0.3) is 11.0 Å². The van der Waals surface area contributed by atoms with E-state index in [0.29, 0.717) is 6.54 Å². The highest BCUT2D eigenvalue weighted by Crippen LogP contribution is 2.15. The molecule has 3 rings (SSSR count). The van der Waals surface area contributed by atoms with Crippen LogP contribution in [0.5, 0.6) is 0 Å². The number of imidazole rings is 1. The highest BCUT2D eigenvalue weighted by atomic mass is 15.2. The number of aromatic nitrogens is 3. The fourth-order valence-electron chi connectivity index (χ4n) is 3.02. The number of aryl methyl sites for hydroxylation is 3. The molecule has 0 spiro atoms. The van der Waals surface area contributed by atoms with Gasteiger partial charge in [0.25, 0.3) is 0 Å². The summed E-state index contributed by atoms with van der Waals surface area (Å²) < 4.78 is 2.27. The Bertz CT molecular complexity index is 896. The quantitative estimate of drug-likeness (QED) is 0.408. The van der Waals surface area contributed by atoms with Crippen molar-refractivity contribution in [1.82, 2.24) is 25.2 Å². The molecule has 2 aromatic heterocycles. The molecule has 136 valence electrons. The normalized spacial score (nSPS) is 11.7. The minimum Gasteiger partial charge on any atom is -0.356 e. The van der Waals surface area contributed by atoms with E-state index >= 15 is 0 Å². The molecular weight excluding hydrogens is 324 g/mol. The molecule has 0 amide bonds. The van der Waals surface area contributed by atoms with E-state index in [-0.39, 0.29) is 0 Å². The van der Waals surface area contributed by atoms with Gasteiger partial charge >= 0.3 is 0 Å². The van der Waals surface area contributed by atoms with Crippen molar-refractivity contribution >= 4 is 17.0 Å². The lowest BCUT2D eigenvalue weighted by molar-refractivity contribution is 0.624. The first kappa shape index (κ1) is 17.9. The SMILES string of the molecule is CN=C(NCCCn1c(C)nc2ccccc21)NCc1cccc(C)n1. The van der Waals surface area contributed by atoms with E-state index in [1.54, 1.807) is 7.05 Å².